The van der Waals surface area contributed by atoms with Crippen molar-refractivity contribution in [2.24, 2.45) is 0 Å². The molecule has 1 amide bonds. The fourth-order valence-corrected chi connectivity index (χ4v) is 3.54. The second-order valence-electron chi connectivity index (χ2n) is 5.85. The first-order valence-corrected chi connectivity index (χ1v) is 9.53. The number of rotatable bonds is 8. The van der Waals surface area contributed by atoms with Crippen LogP contribution in [0.4, 0.5) is 5.13 Å². The molecule has 27 heavy (non-hydrogen) atoms. The van der Waals surface area contributed by atoms with Gasteiger partial charge < -0.3 is 14.2 Å². The third-order valence-corrected chi connectivity index (χ3v) is 4.98. The number of methoxy groups -OCH3 is 2. The Balaban J connectivity index is 1.81. The van der Waals surface area contributed by atoms with Crippen LogP contribution in [0.1, 0.15) is 30.1 Å². The van der Waals surface area contributed by atoms with Crippen molar-refractivity contribution in [2.75, 3.05) is 26.1 Å². The van der Waals surface area contributed by atoms with Gasteiger partial charge >= 0.3 is 0 Å². The zero-order valence-electron chi connectivity index (χ0n) is 15.6. The SMILES string of the molecule is CCCCOc1cccc(C(=O)Nc2nc3c(OC)ccc(OC)c3s2)c1. The minimum absolute atomic E-state index is 0.243. The second-order valence-corrected chi connectivity index (χ2v) is 6.85. The van der Waals surface area contributed by atoms with E-state index >= 15 is 0 Å². The number of hydrogen-bond acceptors (Lipinski definition) is 6. The van der Waals surface area contributed by atoms with Crippen molar-refractivity contribution in [3.8, 4) is 17.2 Å². The Hall–Kier alpha value is -2.80. The number of thiazole rings is 1. The van der Waals surface area contributed by atoms with Crippen LogP contribution in [0, 0.1) is 0 Å². The molecular weight excluding hydrogens is 364 g/mol. The highest BCUT2D eigenvalue weighted by Crippen LogP contribution is 2.38. The standard InChI is InChI=1S/C20H22N2O4S/c1-4-5-11-26-14-8-6-7-13(12-14)19(23)22-20-21-17-15(24-2)9-10-16(25-3)18(17)27-20/h6-10,12H,4-5,11H2,1-3H3,(H,21,22,23). The summed E-state index contributed by atoms with van der Waals surface area (Å²) in [4.78, 5) is 17.1. The molecule has 0 atom stereocenters. The molecule has 0 unspecified atom stereocenters. The number of benzene rings is 2. The lowest BCUT2D eigenvalue weighted by Crippen LogP contribution is -2.11. The molecule has 0 fully saturated rings. The summed E-state index contributed by atoms with van der Waals surface area (Å²) >= 11 is 1.34. The summed E-state index contributed by atoms with van der Waals surface area (Å²) in [6, 6.07) is 10.8. The number of unbranched alkanes of at least 4 members (excludes halogenated alkanes) is 1. The number of aromatic nitrogens is 1. The van der Waals surface area contributed by atoms with E-state index in [1.54, 1.807) is 38.5 Å². The molecule has 0 radical (unpaired) electrons. The predicted octanol–water partition coefficient (Wildman–Crippen LogP) is 4.74. The molecule has 3 rings (SSSR count). The van der Waals surface area contributed by atoms with Crippen molar-refractivity contribution in [1.82, 2.24) is 4.98 Å². The first-order chi connectivity index (χ1) is 13.2. The number of nitrogens with one attached hydrogen (secondary N) is 1. The summed E-state index contributed by atoms with van der Waals surface area (Å²) < 4.78 is 17.2. The summed E-state index contributed by atoms with van der Waals surface area (Å²) in [6.45, 7) is 2.74. The number of carbonyl (C=O) groups is 1. The highest BCUT2D eigenvalue weighted by Gasteiger charge is 2.16. The third kappa shape index (κ3) is 4.31. The number of hydrogen-bond donors (Lipinski definition) is 1. The van der Waals surface area contributed by atoms with Gasteiger partial charge in [-0.15, -0.1) is 0 Å². The summed E-state index contributed by atoms with van der Waals surface area (Å²) in [6.07, 6.45) is 2.04. The Bertz CT molecular complexity index is 898. The Morgan fingerprint density at radius 2 is 1.93 bits per heavy atom. The summed E-state index contributed by atoms with van der Waals surface area (Å²) in [5, 5.41) is 3.33. The quantitative estimate of drug-likeness (QED) is 0.566. The minimum atomic E-state index is -0.243. The fourth-order valence-electron chi connectivity index (χ4n) is 2.57. The summed E-state index contributed by atoms with van der Waals surface area (Å²) in [5.74, 6) is 1.76. The van der Waals surface area contributed by atoms with Gasteiger partial charge in [0, 0.05) is 5.56 Å². The monoisotopic (exact) mass is 386 g/mol. The number of nitrogens with zero attached hydrogens (tertiary/aromatic N) is 1. The van der Waals surface area contributed by atoms with E-state index in [0.29, 0.717) is 40.1 Å². The van der Waals surface area contributed by atoms with Crippen LogP contribution in [0.5, 0.6) is 17.2 Å². The molecular formula is C20H22N2O4S. The van der Waals surface area contributed by atoms with Gasteiger partial charge in [-0.3, -0.25) is 10.1 Å². The predicted molar refractivity (Wildman–Crippen MR) is 108 cm³/mol. The lowest BCUT2D eigenvalue weighted by Gasteiger charge is -2.07. The smallest absolute Gasteiger partial charge is 0.257 e. The van der Waals surface area contributed by atoms with Gasteiger partial charge in [0.25, 0.3) is 5.91 Å². The molecule has 0 saturated carbocycles. The Morgan fingerprint density at radius 1 is 1.15 bits per heavy atom. The van der Waals surface area contributed by atoms with Crippen molar-refractivity contribution in [3.05, 3.63) is 42.0 Å². The molecule has 0 aliphatic rings. The largest absolute Gasteiger partial charge is 0.495 e. The van der Waals surface area contributed by atoms with Gasteiger partial charge in [0.1, 0.15) is 27.5 Å². The molecule has 1 heterocycles. The Kier molecular flexibility index (Phi) is 6.13. The van der Waals surface area contributed by atoms with Crippen LogP contribution < -0.4 is 19.5 Å². The van der Waals surface area contributed by atoms with E-state index in [-0.39, 0.29) is 5.91 Å². The van der Waals surface area contributed by atoms with Gasteiger partial charge in [-0.2, -0.15) is 0 Å². The van der Waals surface area contributed by atoms with Crippen LogP contribution in [0.15, 0.2) is 36.4 Å². The van der Waals surface area contributed by atoms with Crippen molar-refractivity contribution in [3.63, 3.8) is 0 Å². The van der Waals surface area contributed by atoms with E-state index < -0.39 is 0 Å². The minimum Gasteiger partial charge on any atom is -0.495 e. The van der Waals surface area contributed by atoms with Gasteiger partial charge in [0.15, 0.2) is 5.13 Å². The molecule has 2 aromatic carbocycles. The van der Waals surface area contributed by atoms with Crippen LogP contribution in [0.2, 0.25) is 0 Å². The lowest BCUT2D eigenvalue weighted by molar-refractivity contribution is 0.102. The van der Waals surface area contributed by atoms with E-state index in [4.69, 9.17) is 14.2 Å². The highest BCUT2D eigenvalue weighted by molar-refractivity contribution is 7.22. The third-order valence-electron chi connectivity index (χ3n) is 3.99. The van der Waals surface area contributed by atoms with E-state index in [2.05, 4.69) is 17.2 Å². The van der Waals surface area contributed by atoms with Gasteiger partial charge in [-0.25, -0.2) is 4.98 Å². The van der Waals surface area contributed by atoms with Crippen LogP contribution in [0.3, 0.4) is 0 Å². The summed E-state index contributed by atoms with van der Waals surface area (Å²) in [5.41, 5.74) is 1.18. The zero-order valence-corrected chi connectivity index (χ0v) is 16.4. The second kappa shape index (κ2) is 8.73. The van der Waals surface area contributed by atoms with Gasteiger partial charge in [-0.1, -0.05) is 30.7 Å². The van der Waals surface area contributed by atoms with Crippen molar-refractivity contribution in [2.45, 2.75) is 19.8 Å². The number of anilines is 1. The van der Waals surface area contributed by atoms with Crippen molar-refractivity contribution in [1.29, 1.82) is 0 Å². The van der Waals surface area contributed by atoms with E-state index in [0.717, 1.165) is 17.5 Å². The van der Waals surface area contributed by atoms with E-state index in [1.807, 2.05) is 12.1 Å². The first-order valence-electron chi connectivity index (χ1n) is 8.72. The topological polar surface area (TPSA) is 69.7 Å². The van der Waals surface area contributed by atoms with Gasteiger partial charge in [0.2, 0.25) is 0 Å². The zero-order chi connectivity index (χ0) is 19.2. The molecule has 3 aromatic rings. The average molecular weight is 386 g/mol. The first kappa shape index (κ1) is 19.0. The molecule has 1 N–H and O–H groups in total. The maximum absolute atomic E-state index is 12.6. The van der Waals surface area contributed by atoms with Crippen LogP contribution in [-0.4, -0.2) is 31.7 Å². The maximum Gasteiger partial charge on any atom is 0.257 e. The number of fused-ring (bicyclic) bond motifs is 1. The Morgan fingerprint density at radius 3 is 2.67 bits per heavy atom. The highest BCUT2D eigenvalue weighted by atomic mass is 32.1. The Labute approximate surface area is 162 Å². The molecule has 0 spiro atoms. The number of amides is 1. The van der Waals surface area contributed by atoms with Crippen LogP contribution >= 0.6 is 11.3 Å². The molecule has 6 nitrogen and oxygen atoms in total. The van der Waals surface area contributed by atoms with Crippen LogP contribution in [0.25, 0.3) is 10.2 Å². The van der Waals surface area contributed by atoms with E-state index in [9.17, 15) is 4.79 Å². The average Bonchev–Trinajstić information content (AvgIpc) is 3.11. The van der Waals surface area contributed by atoms with E-state index in [1.165, 1.54) is 11.3 Å². The molecule has 1 aromatic heterocycles. The number of ether oxygens (including phenoxy) is 3. The van der Waals surface area contributed by atoms with Crippen molar-refractivity contribution >= 4 is 32.6 Å². The lowest BCUT2D eigenvalue weighted by atomic mass is 10.2. The molecule has 0 aliphatic heterocycles. The van der Waals surface area contributed by atoms with Crippen LogP contribution in [-0.2, 0) is 0 Å². The molecule has 0 bridgehead atoms. The molecule has 0 aliphatic carbocycles. The maximum atomic E-state index is 12.6. The molecule has 0 saturated heterocycles. The molecule has 142 valence electrons. The fraction of sp³-hybridized carbons (Fsp3) is 0.300. The molecule has 7 heteroatoms. The van der Waals surface area contributed by atoms with Gasteiger partial charge in [0.05, 0.1) is 20.8 Å². The number of carbonyl (C=O) groups excluding carboxylic acids is 1. The van der Waals surface area contributed by atoms with Crippen molar-refractivity contribution < 1.29 is 19.0 Å². The van der Waals surface area contributed by atoms with Gasteiger partial charge in [-0.05, 0) is 36.8 Å². The normalized spacial score (nSPS) is 10.6. The summed E-state index contributed by atoms with van der Waals surface area (Å²) in [7, 11) is 3.19.